The summed E-state index contributed by atoms with van der Waals surface area (Å²) in [4.78, 5) is 4.35. The summed E-state index contributed by atoms with van der Waals surface area (Å²) in [5.74, 6) is 0.941. The Morgan fingerprint density at radius 1 is 1.50 bits per heavy atom. The molecule has 0 radical (unpaired) electrons. The van der Waals surface area contributed by atoms with Gasteiger partial charge in [0.05, 0.1) is 0 Å². The molecule has 3 heteroatoms. The van der Waals surface area contributed by atoms with Gasteiger partial charge in [0.2, 0.25) is 0 Å². The Hall–Kier alpha value is -0.960. The maximum Gasteiger partial charge on any atom is 0.139 e. The highest BCUT2D eigenvalue weighted by atomic mass is 32.1. The Morgan fingerprint density at radius 2 is 2.36 bits per heavy atom. The van der Waals surface area contributed by atoms with E-state index in [1.807, 2.05) is 19.3 Å². The minimum Gasteiger partial charge on any atom is -0.335 e. The molecule has 0 aliphatic rings. The molecule has 0 aliphatic heterocycles. The number of hydrogen-bond acceptors (Lipinski definition) is 2. The van der Waals surface area contributed by atoms with Crippen LogP contribution in [0.15, 0.2) is 24.5 Å². The minimum atomic E-state index is 0.941. The van der Waals surface area contributed by atoms with Crippen molar-refractivity contribution in [1.29, 1.82) is 0 Å². The van der Waals surface area contributed by atoms with Crippen molar-refractivity contribution in [2.24, 2.45) is 7.05 Å². The first-order valence-electron chi connectivity index (χ1n) is 4.82. The van der Waals surface area contributed by atoms with Gasteiger partial charge in [-0.3, -0.25) is 0 Å². The second-order valence-electron chi connectivity index (χ2n) is 3.47. The molecule has 2 aromatic heterocycles. The third kappa shape index (κ3) is 1.64. The number of hydrogen-bond donors (Lipinski definition) is 1. The largest absolute Gasteiger partial charge is 0.335 e. The lowest BCUT2D eigenvalue weighted by Gasteiger charge is -1.95. The average Bonchev–Trinajstić information content (AvgIpc) is 2.54. The quantitative estimate of drug-likeness (QED) is 0.764. The fourth-order valence-corrected chi connectivity index (χ4v) is 1.92. The highest BCUT2D eigenvalue weighted by Gasteiger charge is 2.05. The van der Waals surface area contributed by atoms with E-state index in [4.69, 9.17) is 0 Å². The van der Waals surface area contributed by atoms with Crippen LogP contribution in [-0.2, 0) is 13.5 Å². The van der Waals surface area contributed by atoms with Crippen molar-refractivity contribution in [3.63, 3.8) is 0 Å². The lowest BCUT2D eigenvalue weighted by atomic mass is 10.1. The van der Waals surface area contributed by atoms with Gasteiger partial charge in [0.15, 0.2) is 0 Å². The Labute approximate surface area is 89.4 Å². The van der Waals surface area contributed by atoms with Crippen LogP contribution >= 0.6 is 12.6 Å². The van der Waals surface area contributed by atoms with Crippen molar-refractivity contribution in [3.8, 4) is 0 Å². The van der Waals surface area contributed by atoms with Crippen LogP contribution in [-0.4, -0.2) is 15.3 Å². The van der Waals surface area contributed by atoms with Gasteiger partial charge in [0, 0.05) is 24.8 Å². The second kappa shape index (κ2) is 4.05. The number of thiol groups is 1. The molecule has 0 aliphatic carbocycles. The van der Waals surface area contributed by atoms with Crippen molar-refractivity contribution in [2.45, 2.75) is 12.8 Å². The van der Waals surface area contributed by atoms with Crippen LogP contribution < -0.4 is 0 Å². The molecule has 0 saturated heterocycles. The van der Waals surface area contributed by atoms with Crippen LogP contribution in [0.2, 0.25) is 0 Å². The summed E-state index contributed by atoms with van der Waals surface area (Å²) in [6, 6.07) is 4.13. The summed E-state index contributed by atoms with van der Waals surface area (Å²) >= 11 is 4.23. The third-order valence-electron chi connectivity index (χ3n) is 2.42. The fourth-order valence-electron chi connectivity index (χ4n) is 1.76. The van der Waals surface area contributed by atoms with Crippen LogP contribution in [0.25, 0.3) is 11.0 Å². The maximum absolute atomic E-state index is 4.35. The molecule has 0 saturated carbocycles. The van der Waals surface area contributed by atoms with Crippen molar-refractivity contribution in [1.82, 2.24) is 9.55 Å². The highest BCUT2D eigenvalue weighted by Crippen LogP contribution is 2.19. The van der Waals surface area contributed by atoms with Crippen molar-refractivity contribution >= 4 is 23.7 Å². The molecular weight excluding hydrogens is 192 g/mol. The maximum atomic E-state index is 4.35. The molecule has 2 nitrogen and oxygen atoms in total. The molecule has 2 aromatic rings. The molecule has 0 N–H and O–H groups in total. The van der Waals surface area contributed by atoms with E-state index in [1.54, 1.807) is 0 Å². The zero-order valence-corrected chi connectivity index (χ0v) is 9.17. The van der Waals surface area contributed by atoms with Crippen molar-refractivity contribution < 1.29 is 0 Å². The van der Waals surface area contributed by atoms with E-state index in [1.165, 1.54) is 10.9 Å². The highest BCUT2D eigenvalue weighted by molar-refractivity contribution is 7.80. The molecular formula is C11H14N2S. The number of pyridine rings is 1. The number of nitrogens with zero attached hydrogens (tertiary/aromatic N) is 2. The summed E-state index contributed by atoms with van der Waals surface area (Å²) < 4.78 is 2.09. The van der Waals surface area contributed by atoms with E-state index >= 15 is 0 Å². The summed E-state index contributed by atoms with van der Waals surface area (Å²) in [7, 11) is 2.04. The van der Waals surface area contributed by atoms with E-state index < -0.39 is 0 Å². The second-order valence-corrected chi connectivity index (χ2v) is 3.91. The Balaban J connectivity index is 2.44. The number of rotatable bonds is 3. The minimum absolute atomic E-state index is 0.941. The first-order valence-corrected chi connectivity index (χ1v) is 5.46. The normalized spacial score (nSPS) is 11.0. The Kier molecular flexibility index (Phi) is 2.77. The zero-order valence-electron chi connectivity index (χ0n) is 8.27. The zero-order chi connectivity index (χ0) is 9.97. The SMILES string of the molecule is Cn1cc(CCCS)c2cccnc21. The summed E-state index contributed by atoms with van der Waals surface area (Å²) in [6.07, 6.45) is 6.22. The lowest BCUT2D eigenvalue weighted by molar-refractivity contribution is 0.906. The fraction of sp³-hybridized carbons (Fsp3) is 0.364. The van der Waals surface area contributed by atoms with Gasteiger partial charge in [-0.25, -0.2) is 4.98 Å². The topological polar surface area (TPSA) is 17.8 Å². The number of aryl methyl sites for hydroxylation is 2. The molecule has 0 bridgehead atoms. The van der Waals surface area contributed by atoms with Gasteiger partial charge >= 0.3 is 0 Å². The summed E-state index contributed by atoms with van der Waals surface area (Å²) in [5, 5.41) is 1.27. The smallest absolute Gasteiger partial charge is 0.139 e. The van der Waals surface area contributed by atoms with E-state index in [0.29, 0.717) is 0 Å². The van der Waals surface area contributed by atoms with Gasteiger partial charge < -0.3 is 4.57 Å². The predicted octanol–water partition coefficient (Wildman–Crippen LogP) is 2.44. The van der Waals surface area contributed by atoms with Gasteiger partial charge in [-0.2, -0.15) is 12.6 Å². The average molecular weight is 206 g/mol. The number of fused-ring (bicyclic) bond motifs is 1. The van der Waals surface area contributed by atoms with E-state index in [0.717, 1.165) is 24.2 Å². The van der Waals surface area contributed by atoms with Gasteiger partial charge in [-0.15, -0.1) is 0 Å². The monoisotopic (exact) mass is 206 g/mol. The van der Waals surface area contributed by atoms with Crippen LogP contribution in [0.4, 0.5) is 0 Å². The van der Waals surface area contributed by atoms with Gasteiger partial charge in [0.25, 0.3) is 0 Å². The molecule has 0 spiro atoms. The third-order valence-corrected chi connectivity index (χ3v) is 2.74. The molecule has 0 aromatic carbocycles. The van der Waals surface area contributed by atoms with E-state index in [9.17, 15) is 0 Å². The first-order chi connectivity index (χ1) is 6.83. The predicted molar refractivity (Wildman–Crippen MR) is 62.9 cm³/mol. The van der Waals surface area contributed by atoms with Crippen LogP contribution in [0.1, 0.15) is 12.0 Å². The molecule has 0 unspecified atom stereocenters. The van der Waals surface area contributed by atoms with E-state index in [-0.39, 0.29) is 0 Å². The van der Waals surface area contributed by atoms with E-state index in [2.05, 4.69) is 34.4 Å². The molecule has 2 rings (SSSR count). The Morgan fingerprint density at radius 3 is 3.14 bits per heavy atom. The molecule has 0 fully saturated rings. The molecule has 74 valence electrons. The van der Waals surface area contributed by atoms with Gasteiger partial charge in [-0.1, -0.05) is 0 Å². The first kappa shape index (κ1) is 9.59. The van der Waals surface area contributed by atoms with Crippen LogP contribution in [0.3, 0.4) is 0 Å². The van der Waals surface area contributed by atoms with Crippen LogP contribution in [0, 0.1) is 0 Å². The number of aromatic nitrogens is 2. The van der Waals surface area contributed by atoms with Crippen LogP contribution in [0.5, 0.6) is 0 Å². The summed E-state index contributed by atoms with van der Waals surface area (Å²) in [5.41, 5.74) is 2.45. The standard InChI is InChI=1S/C11H14N2S/c1-13-8-9(4-3-7-14)10-5-2-6-12-11(10)13/h2,5-6,8,14H,3-4,7H2,1H3. The summed E-state index contributed by atoms with van der Waals surface area (Å²) in [6.45, 7) is 0. The molecule has 0 atom stereocenters. The molecule has 2 heterocycles. The lowest BCUT2D eigenvalue weighted by Crippen LogP contribution is -1.85. The Bertz CT molecular complexity index is 434. The molecule has 14 heavy (non-hydrogen) atoms. The van der Waals surface area contributed by atoms with Gasteiger partial charge in [-0.05, 0) is 36.3 Å². The van der Waals surface area contributed by atoms with Crippen molar-refractivity contribution in [2.75, 3.05) is 5.75 Å². The molecule has 0 amide bonds. The van der Waals surface area contributed by atoms with Crippen molar-refractivity contribution in [3.05, 3.63) is 30.1 Å². The van der Waals surface area contributed by atoms with Gasteiger partial charge in [0.1, 0.15) is 5.65 Å².